The molecule has 10 heteroatoms. The van der Waals surface area contributed by atoms with Gasteiger partial charge >= 0.3 is 6.18 Å². The van der Waals surface area contributed by atoms with Crippen molar-refractivity contribution in [1.29, 1.82) is 0 Å². The quantitative estimate of drug-likeness (QED) is 0.550. The first-order valence-corrected chi connectivity index (χ1v) is 9.88. The van der Waals surface area contributed by atoms with Crippen LogP contribution < -0.4 is 20.1 Å². The Morgan fingerprint density at radius 1 is 1.00 bits per heavy atom. The monoisotopic (exact) mass is 458 g/mol. The molecule has 0 aliphatic carbocycles. The molecule has 0 aliphatic rings. The summed E-state index contributed by atoms with van der Waals surface area (Å²) in [5.74, 6) is -0.661. The van der Waals surface area contributed by atoms with E-state index in [1.807, 2.05) is 6.92 Å². The number of amides is 2. The molecular weight excluding hydrogens is 437 g/mol. The smallest absolute Gasteiger partial charge is 0.405 e. The van der Waals surface area contributed by atoms with Gasteiger partial charge in [0.25, 0.3) is 11.8 Å². The van der Waals surface area contributed by atoms with Crippen molar-refractivity contribution in [3.05, 3.63) is 52.5 Å². The van der Waals surface area contributed by atoms with Crippen LogP contribution >= 0.6 is 11.6 Å². The minimum Gasteiger partial charge on any atom is -0.490 e. The Hall–Kier alpha value is -2.94. The molecule has 0 atom stereocenters. The normalized spacial score (nSPS) is 11.0. The Morgan fingerprint density at radius 2 is 1.68 bits per heavy atom. The molecular formula is C21H22ClF3N2O4. The summed E-state index contributed by atoms with van der Waals surface area (Å²) < 4.78 is 47.7. The molecule has 0 heterocycles. The van der Waals surface area contributed by atoms with Crippen molar-refractivity contribution < 1.29 is 32.2 Å². The molecule has 6 nitrogen and oxygen atoms in total. The predicted octanol–water partition coefficient (Wildman–Crippen LogP) is 5.07. The van der Waals surface area contributed by atoms with Crippen LogP contribution in [0.1, 0.15) is 41.0 Å². The third-order valence-corrected chi connectivity index (χ3v) is 4.16. The van der Waals surface area contributed by atoms with Crippen LogP contribution in [0.5, 0.6) is 11.5 Å². The van der Waals surface area contributed by atoms with Crippen LogP contribution in [0.25, 0.3) is 0 Å². The van der Waals surface area contributed by atoms with Gasteiger partial charge in [0.2, 0.25) is 0 Å². The van der Waals surface area contributed by atoms with Crippen molar-refractivity contribution in [3.63, 3.8) is 0 Å². The summed E-state index contributed by atoms with van der Waals surface area (Å²) in [6.45, 7) is 3.10. The first kappa shape index (κ1) is 24.3. The maximum Gasteiger partial charge on any atom is 0.405 e. The average molecular weight is 459 g/mol. The average Bonchev–Trinajstić information content (AvgIpc) is 2.71. The lowest BCUT2D eigenvalue weighted by atomic mass is 10.1. The highest BCUT2D eigenvalue weighted by molar-refractivity contribution is 6.32. The molecule has 168 valence electrons. The number of nitrogens with one attached hydrogen (secondary N) is 2. The van der Waals surface area contributed by atoms with Crippen molar-refractivity contribution in [2.24, 2.45) is 0 Å². The van der Waals surface area contributed by atoms with Gasteiger partial charge in [0.1, 0.15) is 6.54 Å². The summed E-state index contributed by atoms with van der Waals surface area (Å²) >= 11 is 6.26. The van der Waals surface area contributed by atoms with E-state index in [0.717, 1.165) is 6.42 Å². The first-order valence-electron chi connectivity index (χ1n) is 9.50. The molecule has 0 aromatic heterocycles. The fourth-order valence-electron chi connectivity index (χ4n) is 2.50. The van der Waals surface area contributed by atoms with E-state index in [9.17, 15) is 22.8 Å². The maximum atomic E-state index is 12.6. The van der Waals surface area contributed by atoms with Gasteiger partial charge in [-0.2, -0.15) is 13.2 Å². The lowest BCUT2D eigenvalue weighted by Crippen LogP contribution is -2.33. The van der Waals surface area contributed by atoms with Crippen molar-refractivity contribution >= 4 is 29.1 Å². The fourth-order valence-corrected chi connectivity index (χ4v) is 2.76. The Bertz CT molecular complexity index is 918. The molecule has 2 rings (SSSR count). The fraction of sp³-hybridized carbons (Fsp3) is 0.333. The Labute approximate surface area is 182 Å². The molecule has 0 saturated heterocycles. The van der Waals surface area contributed by atoms with E-state index in [0.29, 0.717) is 30.4 Å². The number of carbonyl (C=O) groups excluding carboxylic acids is 2. The van der Waals surface area contributed by atoms with Crippen LogP contribution in [0.3, 0.4) is 0 Å². The number of anilines is 1. The van der Waals surface area contributed by atoms with E-state index < -0.39 is 24.5 Å². The second kappa shape index (κ2) is 10.9. The van der Waals surface area contributed by atoms with E-state index >= 15 is 0 Å². The van der Waals surface area contributed by atoms with Crippen molar-refractivity contribution in [2.45, 2.75) is 26.4 Å². The number of hydrogen-bond donors (Lipinski definition) is 2. The highest BCUT2D eigenvalue weighted by atomic mass is 35.5. The molecule has 0 saturated carbocycles. The summed E-state index contributed by atoms with van der Waals surface area (Å²) in [5, 5.41) is 4.63. The number of ether oxygens (including phenoxy) is 2. The van der Waals surface area contributed by atoms with Crippen LogP contribution in [-0.4, -0.2) is 37.7 Å². The van der Waals surface area contributed by atoms with Crippen LogP contribution in [0.15, 0.2) is 36.4 Å². The third-order valence-electron chi connectivity index (χ3n) is 3.88. The van der Waals surface area contributed by atoms with Gasteiger partial charge in [0.05, 0.1) is 18.2 Å². The van der Waals surface area contributed by atoms with Crippen LogP contribution in [-0.2, 0) is 0 Å². The standard InChI is InChI=1S/C21H22ClF3N2O4/c1-3-9-31-18-16(22)10-14(11-17(18)30-4-2)20(29)27-15-7-5-13(6-8-15)19(28)26-12-21(23,24)25/h5-8,10-11H,3-4,9,12H2,1-2H3,(H,26,28)(H,27,29). The zero-order valence-corrected chi connectivity index (χ0v) is 17.7. The lowest BCUT2D eigenvalue weighted by Gasteiger charge is -2.15. The molecule has 0 aliphatic heterocycles. The number of benzene rings is 2. The minimum absolute atomic E-state index is 0.0290. The topological polar surface area (TPSA) is 76.7 Å². The molecule has 0 unspecified atom stereocenters. The van der Waals surface area contributed by atoms with E-state index in [-0.39, 0.29) is 16.1 Å². The van der Waals surface area contributed by atoms with E-state index in [1.165, 1.54) is 36.4 Å². The van der Waals surface area contributed by atoms with E-state index in [4.69, 9.17) is 21.1 Å². The molecule has 2 amide bonds. The van der Waals surface area contributed by atoms with Gasteiger partial charge in [-0.3, -0.25) is 9.59 Å². The van der Waals surface area contributed by atoms with Crippen molar-refractivity contribution in [3.8, 4) is 11.5 Å². The number of rotatable bonds is 9. The summed E-state index contributed by atoms with van der Waals surface area (Å²) in [4.78, 5) is 24.4. The third kappa shape index (κ3) is 7.36. The second-order valence-corrected chi connectivity index (χ2v) is 6.80. The SMILES string of the molecule is CCCOc1c(Cl)cc(C(=O)Nc2ccc(C(=O)NCC(F)(F)F)cc2)cc1OCC. The molecule has 0 spiro atoms. The first-order chi connectivity index (χ1) is 14.6. The largest absolute Gasteiger partial charge is 0.490 e. The number of alkyl halides is 3. The van der Waals surface area contributed by atoms with Crippen LogP contribution in [0, 0.1) is 0 Å². The Kier molecular flexibility index (Phi) is 8.56. The molecule has 31 heavy (non-hydrogen) atoms. The van der Waals surface area contributed by atoms with Crippen molar-refractivity contribution in [1.82, 2.24) is 5.32 Å². The van der Waals surface area contributed by atoms with Gasteiger partial charge in [-0.15, -0.1) is 0 Å². The van der Waals surface area contributed by atoms with Gasteiger partial charge in [0, 0.05) is 16.8 Å². The highest BCUT2D eigenvalue weighted by Crippen LogP contribution is 2.37. The van der Waals surface area contributed by atoms with Gasteiger partial charge in [0.15, 0.2) is 11.5 Å². The summed E-state index contributed by atoms with van der Waals surface area (Å²) in [5.41, 5.74) is 0.600. The summed E-state index contributed by atoms with van der Waals surface area (Å²) in [6, 6.07) is 8.38. The Balaban J connectivity index is 2.11. The van der Waals surface area contributed by atoms with E-state index in [2.05, 4.69) is 5.32 Å². The predicted molar refractivity (Wildman–Crippen MR) is 111 cm³/mol. The van der Waals surface area contributed by atoms with Gasteiger partial charge in [-0.25, -0.2) is 0 Å². The zero-order valence-electron chi connectivity index (χ0n) is 16.9. The molecule has 2 aromatic carbocycles. The number of halogens is 4. The highest BCUT2D eigenvalue weighted by Gasteiger charge is 2.27. The number of carbonyl (C=O) groups is 2. The van der Waals surface area contributed by atoms with Crippen molar-refractivity contribution in [2.75, 3.05) is 25.1 Å². The molecule has 0 radical (unpaired) electrons. The number of hydrogen-bond acceptors (Lipinski definition) is 4. The van der Waals surface area contributed by atoms with E-state index in [1.54, 1.807) is 12.2 Å². The zero-order chi connectivity index (χ0) is 23.0. The molecule has 2 aromatic rings. The van der Waals surface area contributed by atoms with Gasteiger partial charge < -0.3 is 20.1 Å². The van der Waals surface area contributed by atoms with Crippen LogP contribution in [0.4, 0.5) is 18.9 Å². The second-order valence-electron chi connectivity index (χ2n) is 6.40. The van der Waals surface area contributed by atoms with Gasteiger partial charge in [-0.1, -0.05) is 18.5 Å². The summed E-state index contributed by atoms with van der Waals surface area (Å²) in [6.07, 6.45) is -3.73. The maximum absolute atomic E-state index is 12.6. The molecule has 0 fully saturated rings. The molecule has 2 N–H and O–H groups in total. The van der Waals surface area contributed by atoms with Gasteiger partial charge in [-0.05, 0) is 49.7 Å². The molecule has 0 bridgehead atoms. The lowest BCUT2D eigenvalue weighted by molar-refractivity contribution is -0.123. The van der Waals surface area contributed by atoms with Crippen LogP contribution in [0.2, 0.25) is 5.02 Å². The Morgan fingerprint density at radius 3 is 2.26 bits per heavy atom. The summed E-state index contributed by atoms with van der Waals surface area (Å²) in [7, 11) is 0. The minimum atomic E-state index is -4.50.